The van der Waals surface area contributed by atoms with Gasteiger partial charge in [-0.05, 0) is 61.4 Å². The molecule has 1 heterocycles. The van der Waals surface area contributed by atoms with E-state index in [9.17, 15) is 9.59 Å². The molecule has 0 saturated carbocycles. The molecule has 1 fully saturated rings. The smallest absolute Gasteiger partial charge is 0.321 e. The van der Waals surface area contributed by atoms with Crippen molar-refractivity contribution in [2.24, 2.45) is 5.92 Å². The molecule has 7 nitrogen and oxygen atoms in total. The zero-order valence-electron chi connectivity index (χ0n) is 15.6. The van der Waals surface area contributed by atoms with E-state index in [0.29, 0.717) is 48.7 Å². The van der Waals surface area contributed by atoms with Crippen molar-refractivity contribution in [2.45, 2.75) is 12.8 Å². The Balaban J connectivity index is 1.52. The molecule has 1 aliphatic heterocycles. The third kappa shape index (κ3) is 4.80. The first-order chi connectivity index (χ1) is 13.6. The number of carbonyl (C=O) groups excluding carboxylic acids is 2. The molecule has 0 bridgehead atoms. The van der Waals surface area contributed by atoms with Crippen LogP contribution in [0.2, 0.25) is 0 Å². The first kappa shape index (κ1) is 19.2. The number of hydrogen-bond donors (Lipinski definition) is 2. The first-order valence-corrected chi connectivity index (χ1v) is 9.14. The summed E-state index contributed by atoms with van der Waals surface area (Å²) in [7, 11) is 1.64. The summed E-state index contributed by atoms with van der Waals surface area (Å²) < 4.78 is 5.73. The number of nitriles is 1. The zero-order valence-corrected chi connectivity index (χ0v) is 15.6. The van der Waals surface area contributed by atoms with Crippen molar-refractivity contribution in [1.82, 2.24) is 10.2 Å². The Labute approximate surface area is 163 Å². The van der Waals surface area contributed by atoms with E-state index in [0.717, 1.165) is 0 Å². The SMILES string of the molecule is CNC(=O)C1CCN(C(=O)Nc2ccc(Oc3ccc(C#N)cc3)cc2)CC1. The summed E-state index contributed by atoms with van der Waals surface area (Å²) in [6, 6.07) is 15.8. The van der Waals surface area contributed by atoms with Crippen molar-refractivity contribution < 1.29 is 14.3 Å². The highest BCUT2D eigenvalue weighted by Crippen LogP contribution is 2.24. The fourth-order valence-electron chi connectivity index (χ4n) is 3.09. The molecule has 1 aliphatic rings. The van der Waals surface area contributed by atoms with E-state index in [4.69, 9.17) is 10.00 Å². The minimum Gasteiger partial charge on any atom is -0.457 e. The predicted molar refractivity (Wildman–Crippen MR) is 105 cm³/mol. The third-order valence-corrected chi connectivity index (χ3v) is 4.72. The van der Waals surface area contributed by atoms with Crippen molar-refractivity contribution in [1.29, 1.82) is 5.26 Å². The lowest BCUT2D eigenvalue weighted by atomic mass is 9.96. The van der Waals surface area contributed by atoms with Crippen LogP contribution in [0.25, 0.3) is 0 Å². The van der Waals surface area contributed by atoms with Gasteiger partial charge in [0.1, 0.15) is 11.5 Å². The molecule has 0 aromatic heterocycles. The number of ether oxygens (including phenoxy) is 1. The molecule has 0 atom stereocenters. The van der Waals surface area contributed by atoms with Crippen LogP contribution in [-0.2, 0) is 4.79 Å². The van der Waals surface area contributed by atoms with Crippen LogP contribution in [0.1, 0.15) is 18.4 Å². The maximum Gasteiger partial charge on any atom is 0.321 e. The highest BCUT2D eigenvalue weighted by Gasteiger charge is 2.26. The minimum atomic E-state index is -0.170. The van der Waals surface area contributed by atoms with E-state index in [1.165, 1.54) is 0 Å². The van der Waals surface area contributed by atoms with E-state index < -0.39 is 0 Å². The average Bonchev–Trinajstić information content (AvgIpc) is 2.75. The molecular formula is C21H22N4O3. The first-order valence-electron chi connectivity index (χ1n) is 9.14. The fraction of sp³-hybridized carbons (Fsp3) is 0.286. The highest BCUT2D eigenvalue weighted by molar-refractivity contribution is 5.89. The van der Waals surface area contributed by atoms with Gasteiger partial charge in [0, 0.05) is 31.7 Å². The van der Waals surface area contributed by atoms with Gasteiger partial charge in [0.2, 0.25) is 5.91 Å². The van der Waals surface area contributed by atoms with Gasteiger partial charge in [0.25, 0.3) is 0 Å². The molecule has 0 unspecified atom stereocenters. The second-order valence-electron chi connectivity index (χ2n) is 6.57. The molecule has 2 aromatic carbocycles. The normalized spacial score (nSPS) is 14.1. The van der Waals surface area contributed by atoms with Gasteiger partial charge in [-0.1, -0.05) is 0 Å². The van der Waals surface area contributed by atoms with Crippen LogP contribution in [0, 0.1) is 17.2 Å². The molecule has 2 N–H and O–H groups in total. The number of nitrogens with one attached hydrogen (secondary N) is 2. The number of anilines is 1. The van der Waals surface area contributed by atoms with Crippen molar-refractivity contribution in [3.63, 3.8) is 0 Å². The molecule has 144 valence electrons. The molecule has 28 heavy (non-hydrogen) atoms. The Hall–Kier alpha value is -3.53. The molecule has 3 rings (SSSR count). The van der Waals surface area contributed by atoms with Crippen LogP contribution in [0.4, 0.5) is 10.5 Å². The van der Waals surface area contributed by atoms with Gasteiger partial charge in [0.15, 0.2) is 0 Å². The van der Waals surface area contributed by atoms with Crippen molar-refractivity contribution >= 4 is 17.6 Å². The van der Waals surface area contributed by atoms with Gasteiger partial charge in [-0.3, -0.25) is 4.79 Å². The summed E-state index contributed by atoms with van der Waals surface area (Å²) in [6.07, 6.45) is 1.34. The third-order valence-electron chi connectivity index (χ3n) is 4.72. The summed E-state index contributed by atoms with van der Waals surface area (Å²) >= 11 is 0. The van der Waals surface area contributed by atoms with Gasteiger partial charge >= 0.3 is 6.03 Å². The Bertz CT molecular complexity index is 864. The van der Waals surface area contributed by atoms with Gasteiger partial charge in [-0.15, -0.1) is 0 Å². The second kappa shape index (κ2) is 8.91. The van der Waals surface area contributed by atoms with Crippen LogP contribution in [-0.4, -0.2) is 37.0 Å². The largest absolute Gasteiger partial charge is 0.457 e. The van der Waals surface area contributed by atoms with Crippen molar-refractivity contribution in [2.75, 3.05) is 25.5 Å². The Morgan fingerprint density at radius 2 is 1.61 bits per heavy atom. The maximum absolute atomic E-state index is 12.4. The maximum atomic E-state index is 12.4. The van der Waals surface area contributed by atoms with Crippen LogP contribution in [0.3, 0.4) is 0 Å². The number of hydrogen-bond acceptors (Lipinski definition) is 4. The quantitative estimate of drug-likeness (QED) is 0.853. The predicted octanol–water partition coefficient (Wildman–Crippen LogP) is 3.34. The van der Waals surface area contributed by atoms with Crippen molar-refractivity contribution in [3.8, 4) is 17.6 Å². The molecule has 7 heteroatoms. The van der Waals surface area contributed by atoms with Crippen LogP contribution >= 0.6 is 0 Å². The fourth-order valence-corrected chi connectivity index (χ4v) is 3.09. The molecule has 0 aliphatic carbocycles. The standard InChI is InChI=1S/C21H22N4O3/c1-23-20(26)16-10-12-25(13-11-16)21(27)24-17-4-8-19(9-5-17)28-18-6-2-15(14-22)3-7-18/h2-9,16H,10-13H2,1H3,(H,23,26)(H,24,27). The van der Waals surface area contributed by atoms with E-state index >= 15 is 0 Å². The second-order valence-corrected chi connectivity index (χ2v) is 6.57. The highest BCUT2D eigenvalue weighted by atomic mass is 16.5. The molecule has 2 aromatic rings. The summed E-state index contributed by atoms with van der Waals surface area (Å²) in [4.78, 5) is 25.8. The number of likely N-dealkylation sites (tertiary alicyclic amines) is 1. The summed E-state index contributed by atoms with van der Waals surface area (Å²) in [5.74, 6) is 1.29. The van der Waals surface area contributed by atoms with Gasteiger partial charge in [-0.2, -0.15) is 5.26 Å². The molecule has 0 radical (unpaired) electrons. The number of urea groups is 1. The van der Waals surface area contributed by atoms with E-state index in [2.05, 4.69) is 16.7 Å². The minimum absolute atomic E-state index is 0.0206. The molecule has 1 saturated heterocycles. The lowest BCUT2D eigenvalue weighted by molar-refractivity contribution is -0.125. The number of piperidine rings is 1. The Kier molecular flexibility index (Phi) is 6.12. The summed E-state index contributed by atoms with van der Waals surface area (Å²) in [5.41, 5.74) is 1.25. The molecule has 3 amide bonds. The van der Waals surface area contributed by atoms with Crippen LogP contribution in [0.15, 0.2) is 48.5 Å². The number of benzene rings is 2. The van der Waals surface area contributed by atoms with Crippen molar-refractivity contribution in [3.05, 3.63) is 54.1 Å². The summed E-state index contributed by atoms with van der Waals surface area (Å²) in [6.45, 7) is 1.12. The number of amides is 3. The van der Waals surface area contributed by atoms with Gasteiger partial charge in [0.05, 0.1) is 11.6 Å². The topological polar surface area (TPSA) is 94.5 Å². The van der Waals surface area contributed by atoms with E-state index in [1.54, 1.807) is 60.5 Å². The lowest BCUT2D eigenvalue weighted by Gasteiger charge is -2.31. The molecule has 0 spiro atoms. The van der Waals surface area contributed by atoms with Gasteiger partial charge in [-0.25, -0.2) is 4.79 Å². The monoisotopic (exact) mass is 378 g/mol. The van der Waals surface area contributed by atoms with Crippen LogP contribution < -0.4 is 15.4 Å². The van der Waals surface area contributed by atoms with Gasteiger partial charge < -0.3 is 20.3 Å². The van der Waals surface area contributed by atoms with Crippen LogP contribution in [0.5, 0.6) is 11.5 Å². The Morgan fingerprint density at radius 1 is 1.04 bits per heavy atom. The number of rotatable bonds is 4. The zero-order chi connectivity index (χ0) is 19.9. The van der Waals surface area contributed by atoms with E-state index in [1.807, 2.05) is 0 Å². The lowest BCUT2D eigenvalue weighted by Crippen LogP contribution is -2.44. The molecular weight excluding hydrogens is 356 g/mol. The van der Waals surface area contributed by atoms with E-state index in [-0.39, 0.29) is 17.9 Å². The Morgan fingerprint density at radius 3 is 2.14 bits per heavy atom. The number of nitrogens with zero attached hydrogens (tertiary/aromatic N) is 2. The summed E-state index contributed by atoms with van der Waals surface area (Å²) in [5, 5.41) is 14.4. The average molecular weight is 378 g/mol. The number of carbonyl (C=O) groups is 2.